The van der Waals surface area contributed by atoms with Crippen LogP contribution in [-0.4, -0.2) is 38.0 Å². The quantitative estimate of drug-likeness (QED) is 0.665. The number of thiophene rings is 1. The molecule has 7 heteroatoms. The highest BCUT2D eigenvalue weighted by atomic mass is 32.1. The number of carbonyl (C=O) groups excluding carboxylic acids is 2. The number of hydrogen-bond donors (Lipinski definition) is 1. The van der Waals surface area contributed by atoms with Gasteiger partial charge < -0.3 is 19.7 Å². The Balaban J connectivity index is 1.77. The Labute approximate surface area is 179 Å². The molecule has 0 saturated carbocycles. The van der Waals surface area contributed by atoms with Gasteiger partial charge in [-0.1, -0.05) is 24.3 Å². The molecule has 2 aromatic carbocycles. The molecule has 154 valence electrons. The van der Waals surface area contributed by atoms with Crippen molar-refractivity contribution < 1.29 is 19.1 Å². The van der Waals surface area contributed by atoms with Gasteiger partial charge in [-0.3, -0.25) is 9.59 Å². The maximum atomic E-state index is 13.6. The van der Waals surface area contributed by atoms with Gasteiger partial charge in [-0.05, 0) is 35.2 Å². The maximum Gasteiger partial charge on any atom is 0.254 e. The van der Waals surface area contributed by atoms with Crippen LogP contribution in [0.25, 0.3) is 0 Å². The number of amides is 2. The summed E-state index contributed by atoms with van der Waals surface area (Å²) < 4.78 is 10.7. The van der Waals surface area contributed by atoms with Crippen molar-refractivity contribution in [3.05, 3.63) is 76.0 Å². The fourth-order valence-electron chi connectivity index (χ4n) is 3.88. The second-order valence-electron chi connectivity index (χ2n) is 7.00. The minimum Gasteiger partial charge on any atom is -0.497 e. The molecule has 4 rings (SSSR count). The number of methoxy groups -OCH3 is 2. The number of nitrogens with one attached hydrogen (secondary N) is 1. The zero-order chi connectivity index (χ0) is 21.3. The van der Waals surface area contributed by atoms with Crippen LogP contribution in [0.1, 0.15) is 32.8 Å². The lowest BCUT2D eigenvalue weighted by Gasteiger charge is -2.39. The SMILES string of the molecule is COc1ccc(NC(=O)[C@H]2c3ccccc3C(=O)N(C)[C@@H]2c2cccs2)c(OC)c1. The van der Waals surface area contributed by atoms with Crippen LogP contribution in [0, 0.1) is 0 Å². The highest BCUT2D eigenvalue weighted by Crippen LogP contribution is 2.44. The first-order valence-electron chi connectivity index (χ1n) is 9.47. The summed E-state index contributed by atoms with van der Waals surface area (Å²) in [5.74, 6) is 0.284. The number of fused-ring (bicyclic) bond motifs is 1. The van der Waals surface area contributed by atoms with Crippen LogP contribution in [0.2, 0.25) is 0 Å². The summed E-state index contributed by atoms with van der Waals surface area (Å²) in [5, 5.41) is 4.95. The van der Waals surface area contributed by atoms with Crippen LogP contribution in [0.3, 0.4) is 0 Å². The van der Waals surface area contributed by atoms with E-state index in [9.17, 15) is 9.59 Å². The number of anilines is 1. The molecule has 2 heterocycles. The Morgan fingerprint density at radius 2 is 1.87 bits per heavy atom. The summed E-state index contributed by atoms with van der Waals surface area (Å²) in [4.78, 5) is 29.2. The molecule has 0 fully saturated rings. The van der Waals surface area contributed by atoms with Crippen molar-refractivity contribution in [2.75, 3.05) is 26.6 Å². The van der Waals surface area contributed by atoms with Crippen molar-refractivity contribution in [3.8, 4) is 11.5 Å². The van der Waals surface area contributed by atoms with E-state index in [0.717, 1.165) is 10.4 Å². The Kier molecular flexibility index (Phi) is 5.46. The van der Waals surface area contributed by atoms with Crippen LogP contribution < -0.4 is 14.8 Å². The summed E-state index contributed by atoms with van der Waals surface area (Å²) in [6.07, 6.45) is 0. The second kappa shape index (κ2) is 8.20. The monoisotopic (exact) mass is 422 g/mol. The van der Waals surface area contributed by atoms with Gasteiger partial charge in [-0.2, -0.15) is 0 Å². The summed E-state index contributed by atoms with van der Waals surface area (Å²) in [6.45, 7) is 0. The molecule has 30 heavy (non-hydrogen) atoms. The van der Waals surface area contributed by atoms with Gasteiger partial charge in [0.2, 0.25) is 5.91 Å². The minimum absolute atomic E-state index is 0.0879. The van der Waals surface area contributed by atoms with Gasteiger partial charge in [-0.15, -0.1) is 11.3 Å². The second-order valence-corrected chi connectivity index (χ2v) is 7.98. The largest absolute Gasteiger partial charge is 0.497 e. The predicted octanol–water partition coefficient (Wildman–Crippen LogP) is 4.31. The number of ether oxygens (including phenoxy) is 2. The Morgan fingerprint density at radius 3 is 2.57 bits per heavy atom. The van der Waals surface area contributed by atoms with Crippen LogP contribution in [0.5, 0.6) is 11.5 Å². The van der Waals surface area contributed by atoms with Gasteiger partial charge >= 0.3 is 0 Å². The maximum absolute atomic E-state index is 13.6. The zero-order valence-corrected chi connectivity index (χ0v) is 17.7. The van der Waals surface area contributed by atoms with Crippen LogP contribution >= 0.6 is 11.3 Å². The van der Waals surface area contributed by atoms with E-state index in [0.29, 0.717) is 22.7 Å². The number of hydrogen-bond acceptors (Lipinski definition) is 5. The third-order valence-electron chi connectivity index (χ3n) is 5.36. The van der Waals surface area contributed by atoms with E-state index in [2.05, 4.69) is 5.32 Å². The number of benzene rings is 2. The molecule has 0 radical (unpaired) electrons. The van der Waals surface area contributed by atoms with Crippen molar-refractivity contribution in [2.45, 2.75) is 12.0 Å². The molecule has 2 amide bonds. The summed E-state index contributed by atoms with van der Waals surface area (Å²) in [5.41, 5.74) is 1.82. The van der Waals surface area contributed by atoms with Gasteiger partial charge in [0.05, 0.1) is 31.9 Å². The summed E-state index contributed by atoms with van der Waals surface area (Å²) in [6, 6.07) is 16.0. The van der Waals surface area contributed by atoms with Crippen molar-refractivity contribution in [1.29, 1.82) is 0 Å². The van der Waals surface area contributed by atoms with E-state index >= 15 is 0 Å². The highest BCUT2D eigenvalue weighted by Gasteiger charge is 2.43. The molecule has 6 nitrogen and oxygen atoms in total. The highest BCUT2D eigenvalue weighted by molar-refractivity contribution is 7.10. The number of carbonyl (C=O) groups is 2. The number of nitrogens with zero attached hydrogens (tertiary/aromatic N) is 1. The lowest BCUT2D eigenvalue weighted by atomic mass is 9.81. The van der Waals surface area contributed by atoms with E-state index in [1.807, 2.05) is 35.7 Å². The van der Waals surface area contributed by atoms with Crippen LogP contribution in [0.4, 0.5) is 5.69 Å². The average Bonchev–Trinajstić information content (AvgIpc) is 3.30. The Morgan fingerprint density at radius 1 is 1.07 bits per heavy atom. The molecule has 0 aliphatic carbocycles. The van der Waals surface area contributed by atoms with Gasteiger partial charge in [0.25, 0.3) is 5.91 Å². The molecule has 1 aliphatic rings. The van der Waals surface area contributed by atoms with Crippen LogP contribution in [-0.2, 0) is 4.79 Å². The fraction of sp³-hybridized carbons (Fsp3) is 0.217. The van der Waals surface area contributed by atoms with E-state index in [1.54, 1.807) is 50.4 Å². The molecule has 0 saturated heterocycles. The van der Waals surface area contributed by atoms with E-state index in [-0.39, 0.29) is 11.8 Å². The Bertz CT molecular complexity index is 1080. The van der Waals surface area contributed by atoms with E-state index < -0.39 is 12.0 Å². The lowest BCUT2D eigenvalue weighted by molar-refractivity contribution is -0.119. The van der Waals surface area contributed by atoms with Gasteiger partial charge in [-0.25, -0.2) is 0 Å². The van der Waals surface area contributed by atoms with Crippen molar-refractivity contribution >= 4 is 28.8 Å². The molecule has 0 spiro atoms. The van der Waals surface area contributed by atoms with Crippen molar-refractivity contribution in [3.63, 3.8) is 0 Å². The van der Waals surface area contributed by atoms with E-state index in [4.69, 9.17) is 9.47 Å². The molecule has 1 aliphatic heterocycles. The first kappa shape index (κ1) is 20.0. The molecule has 3 aromatic rings. The fourth-order valence-corrected chi connectivity index (χ4v) is 4.79. The van der Waals surface area contributed by atoms with Gasteiger partial charge in [0.15, 0.2) is 0 Å². The summed E-state index contributed by atoms with van der Waals surface area (Å²) >= 11 is 1.53. The average molecular weight is 423 g/mol. The van der Waals surface area contributed by atoms with Gasteiger partial charge in [0, 0.05) is 23.6 Å². The first-order valence-corrected chi connectivity index (χ1v) is 10.4. The number of rotatable bonds is 5. The molecule has 2 atom stereocenters. The smallest absolute Gasteiger partial charge is 0.254 e. The molecule has 1 aromatic heterocycles. The first-order chi connectivity index (χ1) is 14.5. The Hall–Kier alpha value is -3.32. The normalized spacial score (nSPS) is 18.0. The standard InChI is InChI=1S/C23H22N2O4S/c1-25-21(19-9-6-12-30-19)20(15-7-4-5-8-16(15)23(25)27)22(26)24-17-11-10-14(28-2)13-18(17)29-3/h4-13,20-21H,1-3H3,(H,24,26)/t20-,21+/m0/s1. The topological polar surface area (TPSA) is 67.9 Å². The predicted molar refractivity (Wildman–Crippen MR) is 117 cm³/mol. The minimum atomic E-state index is -0.561. The number of likely N-dealkylation sites (N-methyl/N-ethyl adjacent to an activating group) is 1. The van der Waals surface area contributed by atoms with Crippen molar-refractivity contribution in [1.82, 2.24) is 4.90 Å². The molecule has 0 unspecified atom stereocenters. The molecular formula is C23H22N2O4S. The van der Waals surface area contributed by atoms with Crippen molar-refractivity contribution in [2.24, 2.45) is 0 Å². The molecular weight excluding hydrogens is 400 g/mol. The van der Waals surface area contributed by atoms with Gasteiger partial charge in [0.1, 0.15) is 11.5 Å². The third kappa shape index (κ3) is 3.41. The molecule has 0 bridgehead atoms. The molecule has 1 N–H and O–H groups in total. The van der Waals surface area contributed by atoms with E-state index in [1.165, 1.54) is 11.3 Å². The van der Waals surface area contributed by atoms with Crippen LogP contribution in [0.15, 0.2) is 60.0 Å². The zero-order valence-electron chi connectivity index (χ0n) is 16.9. The lowest BCUT2D eigenvalue weighted by Crippen LogP contribution is -2.43. The summed E-state index contributed by atoms with van der Waals surface area (Å²) in [7, 11) is 4.86. The third-order valence-corrected chi connectivity index (χ3v) is 6.31.